The van der Waals surface area contributed by atoms with Gasteiger partial charge in [0, 0.05) is 27.8 Å². The number of carboxylic acids is 1. The van der Waals surface area contributed by atoms with E-state index in [9.17, 15) is 4.79 Å². The van der Waals surface area contributed by atoms with E-state index in [-0.39, 0.29) is 6.04 Å². The fourth-order valence-corrected chi connectivity index (χ4v) is 2.97. The van der Waals surface area contributed by atoms with Gasteiger partial charge in [0.05, 0.1) is 0 Å². The molecule has 1 heterocycles. The molecule has 5 heteroatoms. The third-order valence-electron chi connectivity index (χ3n) is 1.58. The molecule has 0 amide bonds. The highest BCUT2D eigenvalue weighted by molar-refractivity contribution is 14.2. The average Bonchev–Trinajstić information content (AvgIpc) is 2.33. The summed E-state index contributed by atoms with van der Waals surface area (Å²) in [5.74, 6) is -0.693. The van der Waals surface area contributed by atoms with Gasteiger partial charge >= 0.3 is 5.97 Å². The van der Waals surface area contributed by atoms with Gasteiger partial charge in [0.15, 0.2) is 0 Å². The van der Waals surface area contributed by atoms with Crippen LogP contribution in [0.4, 0.5) is 0 Å². The molecule has 1 saturated heterocycles. The van der Waals surface area contributed by atoms with Crippen LogP contribution in [0.25, 0.3) is 0 Å². The first-order valence-corrected chi connectivity index (χ1v) is 6.35. The Morgan fingerprint density at radius 2 is 2.50 bits per heavy atom. The monoisotopic (exact) mass is 273 g/mol. The predicted octanol–water partition coefficient (Wildman–Crippen LogP) is 1.53. The molecular formula is C5H8INO2S. The van der Waals surface area contributed by atoms with E-state index in [2.05, 4.69) is 21.2 Å². The van der Waals surface area contributed by atoms with Crippen molar-refractivity contribution < 1.29 is 9.90 Å². The maximum absolute atomic E-state index is 10.5. The van der Waals surface area contributed by atoms with Crippen LogP contribution < -0.4 is 0 Å². The second-order valence-electron chi connectivity index (χ2n) is 2.21. The van der Waals surface area contributed by atoms with Crippen molar-refractivity contribution in [2.75, 3.05) is 6.54 Å². The zero-order valence-electron chi connectivity index (χ0n) is 5.29. The van der Waals surface area contributed by atoms with E-state index in [1.807, 2.05) is 4.31 Å². The van der Waals surface area contributed by atoms with Crippen molar-refractivity contribution >= 4 is 36.3 Å². The number of rotatable bonds is 2. The van der Waals surface area contributed by atoms with E-state index in [4.69, 9.17) is 5.11 Å². The minimum absolute atomic E-state index is 0.248. The van der Waals surface area contributed by atoms with Crippen LogP contribution in [0.3, 0.4) is 0 Å². The zero-order valence-corrected chi connectivity index (χ0v) is 8.26. The molecule has 1 N–H and O–H groups in total. The Morgan fingerprint density at radius 1 is 1.80 bits per heavy atom. The van der Waals surface area contributed by atoms with Crippen molar-refractivity contribution in [2.24, 2.45) is 0 Å². The lowest BCUT2D eigenvalue weighted by atomic mass is 10.2. The SMILES string of the molecule is O=C(O)[C@@H]1CCCN1SI. The predicted molar refractivity (Wildman–Crippen MR) is 49.0 cm³/mol. The first-order chi connectivity index (χ1) is 4.75. The lowest BCUT2D eigenvalue weighted by molar-refractivity contribution is -0.140. The maximum Gasteiger partial charge on any atom is 0.321 e. The van der Waals surface area contributed by atoms with E-state index in [1.165, 1.54) is 9.12 Å². The highest BCUT2D eigenvalue weighted by Gasteiger charge is 2.30. The molecule has 58 valence electrons. The largest absolute Gasteiger partial charge is 0.480 e. The second-order valence-corrected chi connectivity index (χ2v) is 3.99. The quantitative estimate of drug-likeness (QED) is 0.612. The Morgan fingerprint density at radius 3 is 2.90 bits per heavy atom. The average molecular weight is 273 g/mol. The summed E-state index contributed by atoms with van der Waals surface area (Å²) in [6.45, 7) is 0.907. The Labute approximate surface area is 75.9 Å². The van der Waals surface area contributed by atoms with Crippen LogP contribution in [-0.4, -0.2) is 28.0 Å². The van der Waals surface area contributed by atoms with Crippen molar-refractivity contribution in [3.05, 3.63) is 0 Å². The number of carboxylic acid groups (broad SMARTS) is 1. The molecule has 0 spiro atoms. The van der Waals surface area contributed by atoms with Crippen LogP contribution in [-0.2, 0) is 4.79 Å². The number of halogens is 1. The molecule has 1 atom stereocenters. The smallest absolute Gasteiger partial charge is 0.321 e. The molecule has 10 heavy (non-hydrogen) atoms. The van der Waals surface area contributed by atoms with Gasteiger partial charge in [-0.15, -0.1) is 0 Å². The Bertz CT molecular complexity index is 144. The van der Waals surface area contributed by atoms with Crippen molar-refractivity contribution in [2.45, 2.75) is 18.9 Å². The molecule has 0 aliphatic carbocycles. The van der Waals surface area contributed by atoms with Gasteiger partial charge < -0.3 is 5.11 Å². The lowest BCUT2D eigenvalue weighted by Crippen LogP contribution is -2.29. The van der Waals surface area contributed by atoms with Crippen molar-refractivity contribution in [1.29, 1.82) is 0 Å². The molecule has 0 unspecified atom stereocenters. The molecule has 0 saturated carbocycles. The van der Waals surface area contributed by atoms with Crippen molar-refractivity contribution in [3.8, 4) is 0 Å². The minimum Gasteiger partial charge on any atom is -0.480 e. The standard InChI is InChI=1S/C5H8INO2S/c6-10-7-3-1-2-4(7)5(8)9/h4H,1-3H2,(H,8,9)/t4-/m0/s1. The summed E-state index contributed by atoms with van der Waals surface area (Å²) in [5, 5.41) is 8.66. The fourth-order valence-electron chi connectivity index (χ4n) is 1.07. The fraction of sp³-hybridized carbons (Fsp3) is 0.800. The summed E-state index contributed by atoms with van der Waals surface area (Å²) in [4.78, 5) is 10.5. The molecule has 1 aliphatic heterocycles. The van der Waals surface area contributed by atoms with Crippen LogP contribution in [0.5, 0.6) is 0 Å². The van der Waals surface area contributed by atoms with E-state index in [1.54, 1.807) is 0 Å². The van der Waals surface area contributed by atoms with Gasteiger partial charge in [0.2, 0.25) is 0 Å². The topological polar surface area (TPSA) is 40.5 Å². The number of aliphatic carboxylic acids is 1. The number of hydrogen-bond acceptors (Lipinski definition) is 3. The van der Waals surface area contributed by atoms with Gasteiger partial charge in [-0.3, -0.25) is 4.79 Å². The van der Waals surface area contributed by atoms with E-state index in [0.717, 1.165) is 19.4 Å². The third-order valence-corrected chi connectivity index (χ3v) is 3.71. The summed E-state index contributed by atoms with van der Waals surface area (Å²) in [6, 6.07) is -0.248. The van der Waals surface area contributed by atoms with E-state index >= 15 is 0 Å². The van der Waals surface area contributed by atoms with Crippen LogP contribution in [0.2, 0.25) is 0 Å². The van der Waals surface area contributed by atoms with E-state index < -0.39 is 5.97 Å². The third kappa shape index (κ3) is 1.76. The molecule has 0 bridgehead atoms. The highest BCUT2D eigenvalue weighted by Crippen LogP contribution is 2.29. The molecule has 1 rings (SSSR count). The first kappa shape index (κ1) is 8.61. The summed E-state index contributed by atoms with van der Waals surface area (Å²) in [7, 11) is 1.49. The summed E-state index contributed by atoms with van der Waals surface area (Å²) in [6.07, 6.45) is 1.80. The number of nitrogens with zero attached hydrogens (tertiary/aromatic N) is 1. The summed E-state index contributed by atoms with van der Waals surface area (Å²) in [5.41, 5.74) is 0. The van der Waals surface area contributed by atoms with Crippen LogP contribution in [0.1, 0.15) is 12.8 Å². The van der Waals surface area contributed by atoms with Gasteiger partial charge in [0.1, 0.15) is 6.04 Å². The second kappa shape index (κ2) is 3.77. The maximum atomic E-state index is 10.5. The molecule has 1 aliphatic rings. The Hall–Kier alpha value is 0.510. The molecule has 0 aromatic carbocycles. The van der Waals surface area contributed by atoms with E-state index in [0.29, 0.717) is 0 Å². The Balaban J connectivity index is 2.50. The summed E-state index contributed by atoms with van der Waals surface area (Å²) < 4.78 is 1.91. The van der Waals surface area contributed by atoms with Gasteiger partial charge in [-0.25, -0.2) is 4.31 Å². The molecular weight excluding hydrogens is 265 g/mol. The number of carbonyl (C=O) groups is 1. The van der Waals surface area contributed by atoms with Crippen molar-refractivity contribution in [3.63, 3.8) is 0 Å². The molecule has 3 nitrogen and oxygen atoms in total. The van der Waals surface area contributed by atoms with Crippen LogP contribution >= 0.6 is 30.3 Å². The normalized spacial score (nSPS) is 27.1. The molecule has 0 radical (unpaired) electrons. The minimum atomic E-state index is -0.693. The zero-order chi connectivity index (χ0) is 7.56. The van der Waals surface area contributed by atoms with Gasteiger partial charge in [-0.05, 0) is 22.0 Å². The Kier molecular flexibility index (Phi) is 3.25. The highest BCUT2D eigenvalue weighted by atomic mass is 127. The van der Waals surface area contributed by atoms with Gasteiger partial charge in [0.25, 0.3) is 0 Å². The molecule has 0 aromatic rings. The summed E-state index contributed by atoms with van der Waals surface area (Å²) >= 11 is 2.12. The molecule has 1 fully saturated rings. The number of hydrogen-bond donors (Lipinski definition) is 1. The van der Waals surface area contributed by atoms with Gasteiger partial charge in [-0.2, -0.15) is 0 Å². The van der Waals surface area contributed by atoms with Crippen LogP contribution in [0.15, 0.2) is 0 Å². The van der Waals surface area contributed by atoms with Crippen molar-refractivity contribution in [1.82, 2.24) is 4.31 Å². The van der Waals surface area contributed by atoms with Gasteiger partial charge in [-0.1, -0.05) is 0 Å². The van der Waals surface area contributed by atoms with Crippen LogP contribution in [0, 0.1) is 0 Å². The lowest BCUT2D eigenvalue weighted by Gasteiger charge is -2.14. The molecule has 0 aromatic heterocycles. The first-order valence-electron chi connectivity index (χ1n) is 3.04.